The number of hydrogen-bond acceptors (Lipinski definition) is 5. The van der Waals surface area contributed by atoms with Crippen LogP contribution >= 0.6 is 0 Å². The number of rotatable bonds is 1. The fourth-order valence-corrected chi connectivity index (χ4v) is 1.70. The largest absolute Gasteiger partial charge is 0.296 e. The van der Waals surface area contributed by atoms with Gasteiger partial charge in [0.15, 0.2) is 0 Å². The Morgan fingerprint density at radius 3 is 3.08 bits per heavy atom. The molecule has 0 aliphatic carbocycles. The summed E-state index contributed by atoms with van der Waals surface area (Å²) < 4.78 is 0. The van der Waals surface area contributed by atoms with Crippen molar-refractivity contribution in [3.63, 3.8) is 0 Å². The lowest BCUT2D eigenvalue weighted by atomic mass is 9.98. The second-order valence-corrected chi connectivity index (χ2v) is 3.54. The topological polar surface area (TPSA) is 52.0 Å². The maximum absolute atomic E-state index is 3.98. The molecule has 2 rings (SSSR count). The summed E-state index contributed by atoms with van der Waals surface area (Å²) in [5.41, 5.74) is 2.83. The highest BCUT2D eigenvalue weighted by Crippen LogP contribution is 2.18. The second-order valence-electron chi connectivity index (χ2n) is 3.54. The lowest BCUT2D eigenvalue weighted by molar-refractivity contribution is 0.129. The monoisotopic (exact) mass is 169 g/mol. The molecule has 68 valence electrons. The molecule has 5 heteroatoms. The van der Waals surface area contributed by atoms with Crippen LogP contribution in [0, 0.1) is 5.92 Å². The summed E-state index contributed by atoms with van der Waals surface area (Å²) in [6.45, 7) is 4.12. The van der Waals surface area contributed by atoms with Gasteiger partial charge in [0.05, 0.1) is 0 Å². The Morgan fingerprint density at radius 2 is 2.42 bits per heavy atom. The minimum Gasteiger partial charge on any atom is -0.296 e. The van der Waals surface area contributed by atoms with Crippen LogP contribution in [0.1, 0.15) is 19.8 Å². The van der Waals surface area contributed by atoms with Crippen LogP contribution < -0.4 is 10.7 Å². The van der Waals surface area contributed by atoms with Crippen LogP contribution in [-0.4, -0.2) is 24.4 Å². The van der Waals surface area contributed by atoms with Crippen molar-refractivity contribution in [3.8, 4) is 0 Å². The second kappa shape index (κ2) is 3.26. The molecular formula is C7H15N5. The quantitative estimate of drug-likeness (QED) is 0.600. The van der Waals surface area contributed by atoms with Gasteiger partial charge in [-0.2, -0.15) is 0 Å². The first-order chi connectivity index (χ1) is 5.86. The number of piperidine rings is 1. The van der Waals surface area contributed by atoms with Crippen molar-refractivity contribution >= 4 is 0 Å². The van der Waals surface area contributed by atoms with E-state index in [1.165, 1.54) is 12.8 Å². The van der Waals surface area contributed by atoms with Crippen LogP contribution in [0.15, 0.2) is 10.4 Å². The maximum Gasteiger partial charge on any atom is 0.126 e. The van der Waals surface area contributed by atoms with Gasteiger partial charge in [0.1, 0.15) is 12.8 Å². The molecule has 1 fully saturated rings. The first-order valence-electron chi connectivity index (χ1n) is 4.50. The molecule has 0 saturated carbocycles. The van der Waals surface area contributed by atoms with Gasteiger partial charge in [0.2, 0.25) is 0 Å². The van der Waals surface area contributed by atoms with Gasteiger partial charge >= 0.3 is 0 Å². The highest BCUT2D eigenvalue weighted by atomic mass is 15.7. The fraction of sp³-hybridized carbons (Fsp3) is 1.00. The van der Waals surface area contributed by atoms with Crippen LogP contribution in [-0.2, 0) is 0 Å². The van der Waals surface area contributed by atoms with Gasteiger partial charge in [-0.3, -0.25) is 10.7 Å². The van der Waals surface area contributed by atoms with Crippen LogP contribution in [0.25, 0.3) is 0 Å². The first-order valence-corrected chi connectivity index (χ1v) is 4.50. The van der Waals surface area contributed by atoms with Crippen molar-refractivity contribution in [1.82, 2.24) is 15.8 Å². The van der Waals surface area contributed by atoms with Gasteiger partial charge in [-0.1, -0.05) is 17.4 Å². The smallest absolute Gasteiger partial charge is 0.126 e. The summed E-state index contributed by atoms with van der Waals surface area (Å²) in [5.74, 6) is 0.798. The molecule has 12 heavy (non-hydrogen) atoms. The molecule has 0 aromatic carbocycles. The van der Waals surface area contributed by atoms with Gasteiger partial charge < -0.3 is 0 Å². The molecule has 0 aromatic rings. The van der Waals surface area contributed by atoms with Crippen molar-refractivity contribution in [2.45, 2.75) is 25.9 Å². The minimum absolute atomic E-state index is 0.382. The van der Waals surface area contributed by atoms with Crippen molar-refractivity contribution in [2.75, 3.05) is 13.2 Å². The molecular weight excluding hydrogens is 154 g/mol. The van der Waals surface area contributed by atoms with E-state index in [0.29, 0.717) is 6.17 Å². The van der Waals surface area contributed by atoms with Crippen LogP contribution in [0.3, 0.4) is 0 Å². The van der Waals surface area contributed by atoms with Crippen molar-refractivity contribution in [2.24, 2.45) is 16.4 Å². The summed E-state index contributed by atoms with van der Waals surface area (Å²) in [6, 6.07) is 0. The molecule has 0 bridgehead atoms. The van der Waals surface area contributed by atoms with E-state index in [0.717, 1.165) is 19.1 Å². The van der Waals surface area contributed by atoms with Crippen LogP contribution in [0.4, 0.5) is 0 Å². The highest BCUT2D eigenvalue weighted by molar-refractivity contribution is 4.75. The molecule has 2 heterocycles. The minimum atomic E-state index is 0.382. The van der Waals surface area contributed by atoms with E-state index in [-0.39, 0.29) is 0 Å². The molecule has 2 N–H and O–H groups in total. The zero-order valence-corrected chi connectivity index (χ0v) is 7.32. The van der Waals surface area contributed by atoms with E-state index >= 15 is 0 Å². The molecule has 1 saturated heterocycles. The normalized spacial score (nSPS) is 35.2. The first kappa shape index (κ1) is 7.79. The zero-order chi connectivity index (χ0) is 8.39. The standard InChI is InChI=1S/C7H15N5/c1-6-2-3-8-7(4-6)12-5-9-10-11-12/h6-8H,2-5H2,1H3,(H,9,11)/t6?,7-/m1/s1. The summed E-state index contributed by atoms with van der Waals surface area (Å²) in [6.07, 6.45) is 2.82. The van der Waals surface area contributed by atoms with Crippen LogP contribution in [0.5, 0.6) is 0 Å². The summed E-state index contributed by atoms with van der Waals surface area (Å²) >= 11 is 0. The molecule has 0 spiro atoms. The molecule has 0 amide bonds. The Morgan fingerprint density at radius 1 is 1.50 bits per heavy atom. The highest BCUT2D eigenvalue weighted by Gasteiger charge is 2.24. The van der Waals surface area contributed by atoms with E-state index in [4.69, 9.17) is 0 Å². The zero-order valence-electron chi connectivity index (χ0n) is 7.32. The van der Waals surface area contributed by atoms with Gasteiger partial charge in [0, 0.05) is 0 Å². The third kappa shape index (κ3) is 1.50. The van der Waals surface area contributed by atoms with Crippen molar-refractivity contribution in [3.05, 3.63) is 0 Å². The summed E-state index contributed by atoms with van der Waals surface area (Å²) in [7, 11) is 0. The predicted octanol–water partition coefficient (Wildman–Crippen LogP) is 0.477. The van der Waals surface area contributed by atoms with E-state index in [2.05, 4.69) is 28.1 Å². The Labute approximate surface area is 72.2 Å². The van der Waals surface area contributed by atoms with Crippen molar-refractivity contribution in [1.29, 1.82) is 0 Å². The molecule has 0 aromatic heterocycles. The Balaban J connectivity index is 1.89. The lowest BCUT2D eigenvalue weighted by Crippen LogP contribution is -2.47. The summed E-state index contributed by atoms with van der Waals surface area (Å²) in [4.78, 5) is 0. The molecule has 5 nitrogen and oxygen atoms in total. The maximum atomic E-state index is 3.98. The molecule has 2 atom stereocenters. The Hall–Kier alpha value is -0.840. The van der Waals surface area contributed by atoms with Crippen molar-refractivity contribution < 1.29 is 0 Å². The van der Waals surface area contributed by atoms with Gasteiger partial charge in [-0.05, 0) is 25.3 Å². The van der Waals surface area contributed by atoms with Gasteiger partial charge in [0.25, 0.3) is 0 Å². The van der Waals surface area contributed by atoms with E-state index in [1.807, 2.05) is 5.01 Å². The number of hydrogen-bond donors (Lipinski definition) is 2. The third-order valence-electron chi connectivity index (χ3n) is 2.47. The summed E-state index contributed by atoms with van der Waals surface area (Å²) in [5, 5.41) is 13.1. The molecule has 1 unspecified atom stereocenters. The number of nitrogens with zero attached hydrogens (tertiary/aromatic N) is 3. The average molecular weight is 169 g/mol. The molecule has 2 aliphatic rings. The predicted molar refractivity (Wildman–Crippen MR) is 44.9 cm³/mol. The van der Waals surface area contributed by atoms with Gasteiger partial charge in [-0.15, -0.1) is 0 Å². The molecule has 2 aliphatic heterocycles. The SMILES string of the molecule is CC1CCN[C@H](N2CNN=N2)C1. The van der Waals surface area contributed by atoms with Crippen LogP contribution in [0.2, 0.25) is 0 Å². The lowest BCUT2D eigenvalue weighted by Gasteiger charge is -2.32. The third-order valence-corrected chi connectivity index (χ3v) is 2.47. The van der Waals surface area contributed by atoms with E-state index < -0.39 is 0 Å². The fourth-order valence-electron chi connectivity index (χ4n) is 1.70. The molecule has 0 radical (unpaired) electrons. The Bertz CT molecular complexity index is 181. The van der Waals surface area contributed by atoms with E-state index in [9.17, 15) is 0 Å². The average Bonchev–Trinajstić information content (AvgIpc) is 2.56. The van der Waals surface area contributed by atoms with Gasteiger partial charge in [-0.25, -0.2) is 5.01 Å². The van der Waals surface area contributed by atoms with E-state index in [1.54, 1.807) is 0 Å². The Kier molecular flexibility index (Phi) is 2.12. The number of nitrogens with one attached hydrogen (secondary N) is 2.